The highest BCUT2D eigenvalue weighted by Gasteiger charge is 2.18. The van der Waals surface area contributed by atoms with Gasteiger partial charge in [0.05, 0.1) is 5.69 Å². The lowest BCUT2D eigenvalue weighted by atomic mass is 10.2. The Morgan fingerprint density at radius 1 is 1.32 bits per heavy atom. The average Bonchev–Trinajstić information content (AvgIpc) is 2.69. The van der Waals surface area contributed by atoms with Gasteiger partial charge in [0.2, 0.25) is 6.41 Å². The van der Waals surface area contributed by atoms with Crippen LogP contribution in [0.3, 0.4) is 0 Å². The van der Waals surface area contributed by atoms with Gasteiger partial charge in [0.15, 0.2) is 5.82 Å². The molecule has 0 atom stereocenters. The monoisotopic (exact) mass is 449 g/mol. The molecule has 146 valence electrons. The number of imide groups is 1. The van der Waals surface area contributed by atoms with E-state index >= 15 is 0 Å². The van der Waals surface area contributed by atoms with Crippen molar-refractivity contribution >= 4 is 39.6 Å². The summed E-state index contributed by atoms with van der Waals surface area (Å²) in [6.07, 6.45) is 1.43. The van der Waals surface area contributed by atoms with Crippen molar-refractivity contribution in [2.75, 3.05) is 11.9 Å². The topological polar surface area (TPSA) is 88.1 Å². The molecule has 2 rings (SSSR count). The van der Waals surface area contributed by atoms with Crippen LogP contribution in [0.1, 0.15) is 12.5 Å². The average molecular weight is 450 g/mol. The number of halogens is 2. The van der Waals surface area contributed by atoms with Crippen molar-refractivity contribution in [3.63, 3.8) is 0 Å². The number of nitrogens with zero attached hydrogens (tertiary/aromatic N) is 2. The summed E-state index contributed by atoms with van der Waals surface area (Å²) in [4.78, 5) is 34.8. The van der Waals surface area contributed by atoms with E-state index in [0.29, 0.717) is 20.6 Å². The predicted octanol–water partition coefficient (Wildman–Crippen LogP) is 4.18. The second kappa shape index (κ2) is 9.75. The standard InChI is InChI=1S/C19H17BrFN3O4/c1-12(22-2)7-19(26)24(11-25)18-6-4-14(9-16(18)21)28-10-13-3-5-15(20)17(8-13)23-27/h3-9,11,22H,10H2,1-2H3/b12-7-. The summed E-state index contributed by atoms with van der Waals surface area (Å²) in [5.74, 6) is -1.28. The number of anilines is 1. The van der Waals surface area contributed by atoms with Crippen molar-refractivity contribution in [3.8, 4) is 5.75 Å². The number of carbonyl (C=O) groups excluding carboxylic acids is 2. The first-order valence-electron chi connectivity index (χ1n) is 8.08. The van der Waals surface area contributed by atoms with Gasteiger partial charge in [-0.25, -0.2) is 9.29 Å². The van der Waals surface area contributed by atoms with Crippen molar-refractivity contribution in [3.05, 3.63) is 68.9 Å². The van der Waals surface area contributed by atoms with Gasteiger partial charge in [0.25, 0.3) is 5.91 Å². The molecule has 2 aromatic carbocycles. The zero-order valence-electron chi connectivity index (χ0n) is 15.1. The van der Waals surface area contributed by atoms with E-state index in [1.807, 2.05) is 0 Å². The highest BCUT2D eigenvalue weighted by atomic mass is 79.9. The van der Waals surface area contributed by atoms with Crippen molar-refractivity contribution in [2.24, 2.45) is 5.18 Å². The number of nitroso groups, excluding NO2 is 1. The highest BCUT2D eigenvalue weighted by Crippen LogP contribution is 2.28. The summed E-state index contributed by atoms with van der Waals surface area (Å²) in [6.45, 7) is 1.72. The Kier molecular flexibility index (Phi) is 7.39. The number of hydrogen-bond donors (Lipinski definition) is 1. The number of benzene rings is 2. The summed E-state index contributed by atoms with van der Waals surface area (Å²) < 4.78 is 20.5. The van der Waals surface area contributed by atoms with Gasteiger partial charge in [-0.3, -0.25) is 9.59 Å². The Labute approximate surface area is 169 Å². The van der Waals surface area contributed by atoms with Gasteiger partial charge in [-0.2, -0.15) is 0 Å². The molecule has 0 aliphatic carbocycles. The molecule has 0 aromatic heterocycles. The van der Waals surface area contributed by atoms with Crippen molar-refractivity contribution in [1.82, 2.24) is 5.32 Å². The minimum absolute atomic E-state index is 0.0784. The lowest BCUT2D eigenvalue weighted by Crippen LogP contribution is -2.29. The van der Waals surface area contributed by atoms with Gasteiger partial charge in [0.1, 0.15) is 18.0 Å². The molecule has 9 heteroatoms. The molecule has 0 saturated heterocycles. The van der Waals surface area contributed by atoms with Crippen LogP contribution in [0.25, 0.3) is 0 Å². The summed E-state index contributed by atoms with van der Waals surface area (Å²) in [7, 11) is 1.62. The second-order valence-electron chi connectivity index (χ2n) is 5.67. The maximum absolute atomic E-state index is 14.4. The second-order valence-corrected chi connectivity index (χ2v) is 6.52. The Morgan fingerprint density at radius 3 is 2.68 bits per heavy atom. The van der Waals surface area contributed by atoms with Gasteiger partial charge >= 0.3 is 0 Å². The van der Waals surface area contributed by atoms with Crippen LogP contribution in [0, 0.1) is 10.7 Å². The molecule has 0 spiro atoms. The lowest BCUT2D eigenvalue weighted by molar-refractivity contribution is -0.118. The van der Waals surface area contributed by atoms with Crippen LogP contribution < -0.4 is 15.0 Å². The zero-order chi connectivity index (χ0) is 20.7. The fourth-order valence-corrected chi connectivity index (χ4v) is 2.53. The SMILES string of the molecule is CN/C(C)=C\C(=O)N(C=O)c1ccc(OCc2ccc(Br)c(N=O)c2)cc1F. The quantitative estimate of drug-likeness (QED) is 0.371. The molecular formula is C19H17BrFN3O4. The molecule has 0 aliphatic heterocycles. The molecule has 0 bridgehead atoms. The van der Waals surface area contributed by atoms with Crippen molar-refractivity contribution in [1.29, 1.82) is 0 Å². The molecule has 0 unspecified atom stereocenters. The Bertz CT molecular complexity index is 933. The molecule has 7 nitrogen and oxygen atoms in total. The molecule has 1 N–H and O–H groups in total. The third-order valence-electron chi connectivity index (χ3n) is 3.77. The molecule has 0 fully saturated rings. The number of ether oxygens (including phenoxy) is 1. The van der Waals surface area contributed by atoms with Crippen molar-refractivity contribution in [2.45, 2.75) is 13.5 Å². The highest BCUT2D eigenvalue weighted by molar-refractivity contribution is 9.10. The largest absolute Gasteiger partial charge is 0.489 e. The Hall–Kier alpha value is -3.07. The van der Waals surface area contributed by atoms with Crippen LogP contribution in [-0.4, -0.2) is 19.4 Å². The Morgan fingerprint density at radius 2 is 2.07 bits per heavy atom. The van der Waals surface area contributed by atoms with E-state index in [4.69, 9.17) is 4.74 Å². The lowest BCUT2D eigenvalue weighted by Gasteiger charge is -2.16. The van der Waals surface area contributed by atoms with E-state index in [0.717, 1.165) is 6.07 Å². The minimum Gasteiger partial charge on any atom is -0.489 e. The van der Waals surface area contributed by atoms with Crippen LogP contribution in [-0.2, 0) is 16.2 Å². The first-order chi connectivity index (χ1) is 13.4. The van der Waals surface area contributed by atoms with Crippen LogP contribution in [0.2, 0.25) is 0 Å². The fraction of sp³-hybridized carbons (Fsp3) is 0.158. The number of amides is 2. The first-order valence-corrected chi connectivity index (χ1v) is 8.87. The molecule has 28 heavy (non-hydrogen) atoms. The maximum Gasteiger partial charge on any atom is 0.259 e. The van der Waals surface area contributed by atoms with Gasteiger partial charge in [-0.05, 0) is 57.9 Å². The number of carbonyl (C=O) groups is 2. The normalized spacial score (nSPS) is 10.9. The van der Waals surface area contributed by atoms with E-state index in [1.165, 1.54) is 18.2 Å². The zero-order valence-corrected chi connectivity index (χ0v) is 16.7. The summed E-state index contributed by atoms with van der Waals surface area (Å²) in [5.41, 5.74) is 1.23. The van der Waals surface area contributed by atoms with E-state index in [1.54, 1.807) is 32.2 Å². The van der Waals surface area contributed by atoms with Gasteiger partial charge < -0.3 is 10.1 Å². The minimum atomic E-state index is -0.792. The van der Waals surface area contributed by atoms with Crippen LogP contribution in [0.15, 0.2) is 57.8 Å². The number of rotatable bonds is 8. The smallest absolute Gasteiger partial charge is 0.259 e. The molecule has 0 heterocycles. The molecule has 2 aromatic rings. The number of hydrogen-bond acceptors (Lipinski definition) is 6. The molecule has 2 amide bonds. The third kappa shape index (κ3) is 5.23. The van der Waals surface area contributed by atoms with E-state index in [-0.39, 0.29) is 30.1 Å². The number of nitrogens with one attached hydrogen (secondary N) is 1. The van der Waals surface area contributed by atoms with Crippen LogP contribution >= 0.6 is 15.9 Å². The summed E-state index contributed by atoms with van der Waals surface area (Å²) >= 11 is 3.20. The van der Waals surface area contributed by atoms with Gasteiger partial charge in [-0.15, -0.1) is 4.91 Å². The predicted molar refractivity (Wildman–Crippen MR) is 107 cm³/mol. The number of allylic oxidation sites excluding steroid dienone is 1. The maximum atomic E-state index is 14.4. The van der Waals surface area contributed by atoms with E-state index < -0.39 is 11.7 Å². The molecule has 0 radical (unpaired) electrons. The van der Waals surface area contributed by atoms with Crippen LogP contribution in [0.5, 0.6) is 5.75 Å². The third-order valence-corrected chi connectivity index (χ3v) is 4.44. The van der Waals surface area contributed by atoms with Crippen LogP contribution in [0.4, 0.5) is 15.8 Å². The van der Waals surface area contributed by atoms with Gasteiger partial charge in [0, 0.05) is 29.4 Å². The molecule has 0 saturated carbocycles. The molecular weight excluding hydrogens is 433 g/mol. The van der Waals surface area contributed by atoms with E-state index in [2.05, 4.69) is 26.4 Å². The van der Waals surface area contributed by atoms with E-state index in [9.17, 15) is 18.9 Å². The first kappa shape index (κ1) is 21.2. The Balaban J connectivity index is 2.16. The summed E-state index contributed by atoms with van der Waals surface area (Å²) in [6, 6.07) is 8.73. The van der Waals surface area contributed by atoms with Gasteiger partial charge in [-0.1, -0.05) is 6.07 Å². The fourth-order valence-electron chi connectivity index (χ4n) is 2.21. The van der Waals surface area contributed by atoms with Crippen molar-refractivity contribution < 1.29 is 18.7 Å². The molecule has 0 aliphatic rings. The summed E-state index contributed by atoms with van der Waals surface area (Å²) in [5, 5.41) is 5.64.